The van der Waals surface area contributed by atoms with Gasteiger partial charge < -0.3 is 10.2 Å². The van der Waals surface area contributed by atoms with Gasteiger partial charge in [-0.15, -0.1) is 0 Å². The van der Waals surface area contributed by atoms with E-state index in [-0.39, 0.29) is 16.4 Å². The van der Waals surface area contributed by atoms with Crippen molar-refractivity contribution in [3.63, 3.8) is 0 Å². The van der Waals surface area contributed by atoms with Gasteiger partial charge in [0.1, 0.15) is 17.5 Å². The molecule has 17 heavy (non-hydrogen) atoms. The van der Waals surface area contributed by atoms with Gasteiger partial charge in [-0.3, -0.25) is 10.1 Å². The van der Waals surface area contributed by atoms with E-state index in [1.807, 2.05) is 0 Å². The summed E-state index contributed by atoms with van der Waals surface area (Å²) in [6.07, 6.45) is -1.07. The van der Waals surface area contributed by atoms with Crippen molar-refractivity contribution in [2.45, 2.75) is 18.6 Å². The van der Waals surface area contributed by atoms with Crippen LogP contribution >= 0.6 is 27.5 Å². The zero-order valence-corrected chi connectivity index (χ0v) is 10.9. The van der Waals surface area contributed by atoms with E-state index in [0.717, 1.165) is 12.3 Å². The summed E-state index contributed by atoms with van der Waals surface area (Å²) in [5, 5.41) is 30.4. The Morgan fingerprint density at radius 3 is 2.76 bits per heavy atom. The van der Waals surface area contributed by atoms with Crippen LogP contribution in [0.25, 0.3) is 0 Å². The maximum atomic E-state index is 10.6. The van der Waals surface area contributed by atoms with Crippen LogP contribution in [0.3, 0.4) is 0 Å². The third kappa shape index (κ3) is 3.60. The number of aliphatic hydroxyl groups excluding tert-OH is 2. The highest BCUT2D eigenvalue weighted by molar-refractivity contribution is 9.09. The second-order valence-corrected chi connectivity index (χ2v) is 4.47. The summed E-state index contributed by atoms with van der Waals surface area (Å²) in [5.41, 5.74) is -0.233. The molecule has 8 heteroatoms. The SMILES string of the molecule is O=[N+]([O-])c1cnc(Cl)c(C(O)C(O)CCBr)c1. The predicted octanol–water partition coefficient (Wildman–Crippen LogP) is 1.82. The molecule has 2 unspecified atom stereocenters. The van der Waals surface area contributed by atoms with Gasteiger partial charge in [-0.05, 0) is 6.42 Å². The summed E-state index contributed by atoms with van der Waals surface area (Å²) in [5.74, 6) is 0. The maximum Gasteiger partial charge on any atom is 0.288 e. The van der Waals surface area contributed by atoms with E-state index >= 15 is 0 Å². The lowest BCUT2D eigenvalue weighted by molar-refractivity contribution is -0.385. The molecule has 1 rings (SSSR count). The molecule has 0 aromatic carbocycles. The lowest BCUT2D eigenvalue weighted by Gasteiger charge is -2.17. The lowest BCUT2D eigenvalue weighted by atomic mass is 10.0. The van der Waals surface area contributed by atoms with E-state index in [9.17, 15) is 20.3 Å². The van der Waals surface area contributed by atoms with Crippen LogP contribution in [0.5, 0.6) is 0 Å². The third-order valence-corrected chi connectivity index (χ3v) is 2.92. The number of hydrogen-bond donors (Lipinski definition) is 2. The number of halogens is 2. The molecule has 2 atom stereocenters. The van der Waals surface area contributed by atoms with Gasteiger partial charge in [-0.1, -0.05) is 27.5 Å². The quantitative estimate of drug-likeness (QED) is 0.372. The van der Waals surface area contributed by atoms with E-state index in [2.05, 4.69) is 20.9 Å². The molecule has 1 aromatic rings. The Kier molecular flexibility index (Phi) is 5.26. The van der Waals surface area contributed by atoms with Crippen molar-refractivity contribution in [3.05, 3.63) is 33.1 Å². The first-order valence-corrected chi connectivity index (χ1v) is 6.19. The van der Waals surface area contributed by atoms with Gasteiger partial charge in [-0.2, -0.15) is 0 Å². The van der Waals surface area contributed by atoms with Gasteiger partial charge in [0.05, 0.1) is 11.0 Å². The molecule has 2 N–H and O–H groups in total. The molecule has 0 aliphatic rings. The molecular formula is C9H10BrClN2O4. The molecular weight excluding hydrogens is 315 g/mol. The van der Waals surface area contributed by atoms with Crippen molar-refractivity contribution in [2.75, 3.05) is 5.33 Å². The Morgan fingerprint density at radius 2 is 2.24 bits per heavy atom. The lowest BCUT2D eigenvalue weighted by Crippen LogP contribution is -2.19. The number of nitrogens with zero attached hydrogens (tertiary/aromatic N) is 2. The summed E-state index contributed by atoms with van der Waals surface area (Å²) in [4.78, 5) is 13.5. The first-order chi connectivity index (χ1) is 7.97. The van der Waals surface area contributed by atoms with Gasteiger partial charge in [0, 0.05) is 17.0 Å². The standard InChI is InChI=1S/C9H10BrClN2O4/c10-2-1-7(14)8(15)6-3-5(13(16)17)4-12-9(6)11/h3-4,7-8,14-15H,1-2H2. The Hall–Kier alpha value is -0.760. The van der Waals surface area contributed by atoms with Crippen LogP contribution in [-0.4, -0.2) is 31.6 Å². The topological polar surface area (TPSA) is 96.5 Å². The van der Waals surface area contributed by atoms with Gasteiger partial charge in [0.15, 0.2) is 0 Å². The van der Waals surface area contributed by atoms with Gasteiger partial charge >= 0.3 is 0 Å². The molecule has 0 aliphatic carbocycles. The first kappa shape index (κ1) is 14.3. The van der Waals surface area contributed by atoms with E-state index in [1.165, 1.54) is 0 Å². The molecule has 0 saturated carbocycles. The minimum atomic E-state index is -1.30. The summed E-state index contributed by atoms with van der Waals surface area (Å²) in [6, 6.07) is 1.11. The fraction of sp³-hybridized carbons (Fsp3) is 0.444. The molecule has 0 bridgehead atoms. The van der Waals surface area contributed by atoms with E-state index in [0.29, 0.717) is 11.8 Å². The van der Waals surface area contributed by atoms with Crippen molar-refractivity contribution in [2.24, 2.45) is 0 Å². The predicted molar refractivity (Wildman–Crippen MR) is 65.3 cm³/mol. The molecule has 0 aliphatic heterocycles. The second kappa shape index (κ2) is 6.25. The molecule has 0 radical (unpaired) electrons. The Labute approximate surface area is 111 Å². The second-order valence-electron chi connectivity index (χ2n) is 3.32. The van der Waals surface area contributed by atoms with Crippen LogP contribution in [0, 0.1) is 10.1 Å². The van der Waals surface area contributed by atoms with Gasteiger partial charge in [0.2, 0.25) is 0 Å². The van der Waals surface area contributed by atoms with Crippen LogP contribution in [0.2, 0.25) is 5.15 Å². The highest BCUT2D eigenvalue weighted by Gasteiger charge is 2.23. The Bertz CT molecular complexity index is 418. The summed E-state index contributed by atoms with van der Waals surface area (Å²) in [6.45, 7) is 0. The zero-order chi connectivity index (χ0) is 13.0. The smallest absolute Gasteiger partial charge is 0.288 e. The number of nitro groups is 1. The fourth-order valence-electron chi connectivity index (χ4n) is 1.24. The van der Waals surface area contributed by atoms with Crippen molar-refractivity contribution >= 4 is 33.2 Å². The summed E-state index contributed by atoms with van der Waals surface area (Å²) >= 11 is 8.84. The number of alkyl halides is 1. The molecule has 0 spiro atoms. The molecule has 0 amide bonds. The number of hydrogen-bond acceptors (Lipinski definition) is 5. The summed E-state index contributed by atoms with van der Waals surface area (Å²) < 4.78 is 0. The van der Waals surface area contributed by atoms with Crippen molar-refractivity contribution in [1.82, 2.24) is 4.98 Å². The van der Waals surface area contributed by atoms with E-state index in [1.54, 1.807) is 0 Å². The van der Waals surface area contributed by atoms with Gasteiger partial charge in [0.25, 0.3) is 5.69 Å². The molecule has 1 heterocycles. The fourth-order valence-corrected chi connectivity index (χ4v) is 1.92. The highest BCUT2D eigenvalue weighted by atomic mass is 79.9. The van der Waals surface area contributed by atoms with Crippen LogP contribution in [-0.2, 0) is 0 Å². The maximum absolute atomic E-state index is 10.6. The number of pyridine rings is 1. The first-order valence-electron chi connectivity index (χ1n) is 4.69. The minimum absolute atomic E-state index is 0.0503. The minimum Gasteiger partial charge on any atom is -0.390 e. The Balaban J connectivity index is 3.03. The van der Waals surface area contributed by atoms with Gasteiger partial charge in [-0.25, -0.2) is 4.98 Å². The van der Waals surface area contributed by atoms with E-state index < -0.39 is 17.1 Å². The number of rotatable bonds is 5. The average molecular weight is 326 g/mol. The van der Waals surface area contributed by atoms with Crippen LogP contribution in [0.4, 0.5) is 5.69 Å². The van der Waals surface area contributed by atoms with Crippen molar-refractivity contribution < 1.29 is 15.1 Å². The molecule has 0 saturated heterocycles. The Morgan fingerprint density at radius 1 is 1.59 bits per heavy atom. The molecule has 0 fully saturated rings. The van der Waals surface area contributed by atoms with Crippen molar-refractivity contribution in [3.8, 4) is 0 Å². The van der Waals surface area contributed by atoms with Crippen LogP contribution in [0.1, 0.15) is 18.1 Å². The van der Waals surface area contributed by atoms with Crippen molar-refractivity contribution in [1.29, 1.82) is 0 Å². The number of aliphatic hydroxyl groups is 2. The molecule has 1 aromatic heterocycles. The largest absolute Gasteiger partial charge is 0.390 e. The number of aromatic nitrogens is 1. The average Bonchev–Trinajstić information content (AvgIpc) is 2.28. The van der Waals surface area contributed by atoms with Crippen LogP contribution < -0.4 is 0 Å². The highest BCUT2D eigenvalue weighted by Crippen LogP contribution is 2.28. The molecule has 94 valence electrons. The third-order valence-electron chi connectivity index (χ3n) is 2.15. The zero-order valence-electron chi connectivity index (χ0n) is 8.58. The van der Waals surface area contributed by atoms with E-state index in [4.69, 9.17) is 11.6 Å². The normalized spacial score (nSPS) is 14.4. The molecule has 6 nitrogen and oxygen atoms in total. The summed E-state index contributed by atoms with van der Waals surface area (Å²) in [7, 11) is 0. The van der Waals surface area contributed by atoms with Crippen LogP contribution in [0.15, 0.2) is 12.3 Å². The monoisotopic (exact) mass is 324 g/mol.